The third kappa shape index (κ3) is 47.5. The number of rotatable bonds is 76. The lowest BCUT2D eigenvalue weighted by Gasteiger charge is -2.26. The van der Waals surface area contributed by atoms with Gasteiger partial charge >= 0.3 is 0 Å². The minimum atomic E-state index is -1.58. The van der Waals surface area contributed by atoms with E-state index in [9.17, 15) is 82.1 Å². The molecule has 35 nitrogen and oxygen atoms in total. The lowest BCUT2D eigenvalue weighted by Crippen LogP contribution is -2.49. The first-order valence-corrected chi connectivity index (χ1v) is 44.7. The van der Waals surface area contributed by atoms with Gasteiger partial charge in [0.25, 0.3) is 0 Å². The fraction of sp³-hybridized carbons (Fsp3) is 0.747. The van der Waals surface area contributed by atoms with Gasteiger partial charge in [0.05, 0.1) is 68.4 Å². The first kappa shape index (κ1) is 109. The first-order valence-electron chi connectivity index (χ1n) is 44.7. The predicted octanol–water partition coefficient (Wildman–Crippen LogP) is 4.41. The van der Waals surface area contributed by atoms with Crippen LogP contribution in [0.3, 0.4) is 0 Å². The number of Topliss-reactive ketones (excluding diaryl/α,β-unsaturated/α-hetero) is 7. The van der Waals surface area contributed by atoms with Gasteiger partial charge in [0.1, 0.15) is 12.1 Å². The summed E-state index contributed by atoms with van der Waals surface area (Å²) in [6.45, 7) is 9.27. The van der Waals surface area contributed by atoms with Crippen LogP contribution >= 0.6 is 0 Å². The lowest BCUT2D eigenvalue weighted by molar-refractivity contribution is -0.136. The van der Waals surface area contributed by atoms with E-state index in [1.165, 1.54) is 90.3 Å². The Morgan fingerprint density at radius 3 is 1.25 bits per heavy atom. The molecule has 0 saturated carbocycles. The number of nitrogens with two attached hydrogens (primary N) is 6. The number of aliphatic hydroxyl groups excluding tert-OH is 2. The second-order valence-electron chi connectivity index (χ2n) is 33.2. The predicted molar refractivity (Wildman–Crippen MR) is 465 cm³/mol. The quantitative estimate of drug-likeness (QED) is 0.0248. The van der Waals surface area contributed by atoms with E-state index in [1.807, 2.05) is 20.8 Å². The molecule has 0 radical (unpaired) electrons. The average molecular weight is 1720 g/mol. The molecular formula is C87H150N18O17. The van der Waals surface area contributed by atoms with E-state index in [1.54, 1.807) is 0 Å². The molecule has 0 saturated heterocycles. The minimum absolute atomic E-state index is 0.00581. The number of carbonyl (C=O) groups is 15. The Bertz CT molecular complexity index is 3480. The number of nitrogens with zero attached hydrogens (tertiary/aromatic N) is 3. The molecule has 0 aliphatic heterocycles. The molecule has 2 heterocycles. The highest BCUT2D eigenvalue weighted by molar-refractivity contribution is 6.00. The van der Waals surface area contributed by atoms with Crippen molar-refractivity contribution in [3.05, 3.63) is 36.4 Å². The Kier molecular flexibility index (Phi) is 57.8. The van der Waals surface area contributed by atoms with Crippen LogP contribution in [-0.4, -0.2) is 206 Å². The molecule has 2 aromatic rings. The van der Waals surface area contributed by atoms with Crippen molar-refractivity contribution in [2.75, 3.05) is 45.9 Å². The number of guanidine groups is 1. The van der Waals surface area contributed by atoms with Gasteiger partial charge in [-0.05, 0) is 116 Å². The maximum absolute atomic E-state index is 14.8. The molecule has 0 aliphatic carbocycles. The fourth-order valence-corrected chi connectivity index (χ4v) is 14.7. The minimum Gasteiger partial charge on any atom is -0.394 e. The van der Waals surface area contributed by atoms with Gasteiger partial charge in [0.2, 0.25) is 47.3 Å². The number of nitrogens with one attached hydrogen (secondary N) is 9. The number of carbonyl (C=O) groups excluding carboxylic acids is 15. The molecule has 8 amide bonds. The van der Waals surface area contributed by atoms with Gasteiger partial charge in [0, 0.05) is 118 Å². The molecular weight excluding hydrogens is 1570 g/mol. The number of imidazole rings is 2. The van der Waals surface area contributed by atoms with Gasteiger partial charge in [0.15, 0.2) is 46.4 Å². The van der Waals surface area contributed by atoms with Crippen LogP contribution in [0.2, 0.25) is 0 Å². The Morgan fingerprint density at radius 1 is 0.410 bits per heavy atom. The number of hydrogen-bond acceptors (Lipinski definition) is 23. The average Bonchev–Trinajstić information content (AvgIpc) is 1.16. The smallest absolute Gasteiger partial charge is 0.224 e. The molecule has 23 N–H and O–H groups in total. The number of H-pyrrole nitrogens is 2. The van der Waals surface area contributed by atoms with Crippen LogP contribution in [0.25, 0.3) is 0 Å². The number of primary amides is 1. The molecule has 122 heavy (non-hydrogen) atoms. The number of aromatic nitrogens is 4. The normalized spacial score (nSPS) is 14.3. The summed E-state index contributed by atoms with van der Waals surface area (Å²) in [5, 5.41) is 39.7. The van der Waals surface area contributed by atoms with Crippen molar-refractivity contribution in [3.63, 3.8) is 0 Å². The maximum Gasteiger partial charge on any atom is 0.224 e. The molecule has 2 aromatic heterocycles. The van der Waals surface area contributed by atoms with E-state index in [0.29, 0.717) is 75.6 Å². The molecule has 0 aromatic carbocycles. The van der Waals surface area contributed by atoms with Crippen molar-refractivity contribution in [1.29, 1.82) is 0 Å². The summed E-state index contributed by atoms with van der Waals surface area (Å²) in [4.78, 5) is 227. The monoisotopic (exact) mass is 1720 g/mol. The number of aliphatic imine (C=N–C) groups is 1. The summed E-state index contributed by atoms with van der Waals surface area (Å²) in [5.41, 5.74) is 35.3. The molecule has 690 valence electrons. The van der Waals surface area contributed by atoms with Gasteiger partial charge in [-0.1, -0.05) is 137 Å². The van der Waals surface area contributed by atoms with Crippen LogP contribution in [-0.2, 0) is 84.8 Å². The number of aliphatic hydroxyl groups is 2. The van der Waals surface area contributed by atoms with Crippen molar-refractivity contribution in [2.24, 2.45) is 80.8 Å². The summed E-state index contributed by atoms with van der Waals surface area (Å²) in [5.74, 6) is -16.5. The van der Waals surface area contributed by atoms with E-state index in [0.717, 1.165) is 32.1 Å². The highest BCUT2D eigenvalue weighted by Crippen LogP contribution is 2.25. The Balaban J connectivity index is 2.39. The Morgan fingerprint density at radius 2 is 0.803 bits per heavy atom. The van der Waals surface area contributed by atoms with Crippen LogP contribution in [0, 0.1) is 41.4 Å². The SMILES string of the molecule is CCCCCCCCCCCCCCCC(=O)N[C@@H](CO)C(=O)C[C@@H](Cc1cnc[nH]1)C(=O)N[C@@H](CO)C(=O)C[C@@H](CCCCN)C(=O)NCC(=O)C[C@@H](Cc1cnc[nH]1)C(=O)N[C@@H](CCC(N)=O)C(=O)C[C@@H](CCCCN)C(=O)N[C@@H](CCCN=C(N)N)C(=O)C[C@@H](CCCCN)C(=O)N[C@@H](C)C(=O)C[C@@H](CC(C)C)C(=O)N[C@@H](CCCC)C(C)=O. The van der Waals surface area contributed by atoms with Crippen molar-refractivity contribution < 1.29 is 82.1 Å². The number of aromatic amines is 2. The zero-order valence-electron chi connectivity index (χ0n) is 73.7. The van der Waals surface area contributed by atoms with Gasteiger partial charge in [-0.2, -0.15) is 0 Å². The molecule has 35 heteroatoms. The fourth-order valence-electron chi connectivity index (χ4n) is 14.7. The van der Waals surface area contributed by atoms with Gasteiger partial charge < -0.3 is 91.8 Å². The molecule has 0 bridgehead atoms. The van der Waals surface area contributed by atoms with Crippen LogP contribution in [0.5, 0.6) is 0 Å². The summed E-state index contributed by atoms with van der Waals surface area (Å²) < 4.78 is 0. The number of hydrogen-bond donors (Lipinski definition) is 17. The van der Waals surface area contributed by atoms with Gasteiger partial charge in [-0.25, -0.2) is 9.97 Å². The van der Waals surface area contributed by atoms with Crippen LogP contribution < -0.4 is 71.6 Å². The van der Waals surface area contributed by atoms with Crippen LogP contribution in [0.1, 0.15) is 291 Å². The van der Waals surface area contributed by atoms with E-state index >= 15 is 0 Å². The number of ketones is 7. The van der Waals surface area contributed by atoms with E-state index in [2.05, 4.69) is 69.1 Å². The zero-order chi connectivity index (χ0) is 90.7. The molecule has 0 unspecified atom stereocenters. The van der Waals surface area contributed by atoms with Crippen molar-refractivity contribution in [1.82, 2.24) is 57.2 Å². The van der Waals surface area contributed by atoms with E-state index in [4.69, 9.17) is 34.4 Å². The second kappa shape index (κ2) is 64.7. The van der Waals surface area contributed by atoms with Crippen LogP contribution in [0.4, 0.5) is 0 Å². The summed E-state index contributed by atoms with van der Waals surface area (Å²) in [6, 6.07) is -7.53. The van der Waals surface area contributed by atoms with E-state index in [-0.39, 0.29) is 108 Å². The standard InChI is InChI=1S/C87H150N18O17/c1-7-9-11-12-13-14-15-16-17-18-19-20-21-34-80(116)101-72(53-106)78(114)49-65(43-67-51-95-56-99-67)86(122)105-73(54-107)77(113)45-60(29-22-25-37-88)81(117)97-52-68(109)44-64(42-66-50-94-55-98-66)85(121)104-71(35-36-79(91)115)76(112)47-62(31-24-27-39-90)83(119)103-70(33-28-40-96-87(92)93)75(111)46-61(30-23-26-38-89)82(118)100-58(5)74(110)48-63(41-57(3)4)84(120)102-69(59(6)108)32-10-8-2/h50-51,55-58,60-65,69-73,106-107H,7-49,52-54,88-90H2,1-6H3,(H2,91,115)(H,94,98)(H,95,99)(H,97,117)(H,100,118)(H,101,116)(H,102,120)(H,103,119)(H,104,121)(H,105,122)(H4,92,93,96)/t58-,60+,61+,62+,63+,64+,65+,69-,70-,71-,72-,73-/m0/s1. The third-order valence-corrected chi connectivity index (χ3v) is 22.0. The molecule has 0 spiro atoms. The largest absolute Gasteiger partial charge is 0.394 e. The number of amides is 8. The van der Waals surface area contributed by atoms with Crippen molar-refractivity contribution in [3.8, 4) is 0 Å². The molecule has 0 fully saturated rings. The highest BCUT2D eigenvalue weighted by atomic mass is 16.3. The summed E-state index contributed by atoms with van der Waals surface area (Å²) in [7, 11) is 0. The van der Waals surface area contributed by atoms with Crippen molar-refractivity contribution in [2.45, 2.75) is 328 Å². The Hall–Kier alpha value is -9.06. The first-order chi connectivity index (χ1) is 58.3. The third-order valence-electron chi connectivity index (χ3n) is 22.0. The van der Waals surface area contributed by atoms with Gasteiger partial charge in [-0.15, -0.1) is 0 Å². The van der Waals surface area contributed by atoms with Gasteiger partial charge in [-0.3, -0.25) is 76.9 Å². The molecule has 12 atom stereocenters. The summed E-state index contributed by atoms with van der Waals surface area (Å²) in [6.07, 6.45) is 21.4. The van der Waals surface area contributed by atoms with Crippen LogP contribution in [0.15, 0.2) is 30.0 Å². The Labute approximate surface area is 721 Å². The second-order valence-corrected chi connectivity index (χ2v) is 33.2. The van der Waals surface area contributed by atoms with E-state index < -0.39 is 212 Å². The topological polar surface area (TPSA) is 607 Å². The molecule has 2 rings (SSSR count). The summed E-state index contributed by atoms with van der Waals surface area (Å²) >= 11 is 0. The zero-order valence-corrected chi connectivity index (χ0v) is 73.7. The highest BCUT2D eigenvalue weighted by Gasteiger charge is 2.38. The molecule has 0 aliphatic rings. The lowest BCUT2D eigenvalue weighted by atomic mass is 9.88. The van der Waals surface area contributed by atoms with Crippen molar-refractivity contribution >= 4 is 93.7 Å². The maximum atomic E-state index is 14.8. The number of unbranched alkanes of at least 4 members (excludes halogenated alkanes) is 16.